The van der Waals surface area contributed by atoms with E-state index < -0.39 is 34.8 Å². The first-order valence-corrected chi connectivity index (χ1v) is 6.78. The van der Waals surface area contributed by atoms with Crippen molar-refractivity contribution < 1.29 is 23.1 Å². The Balaban J connectivity index is 2.50. The maximum Gasteiger partial charge on any atom is 0.410 e. The Labute approximate surface area is 128 Å². The van der Waals surface area contributed by atoms with Gasteiger partial charge in [-0.2, -0.15) is 0 Å². The van der Waals surface area contributed by atoms with Crippen LogP contribution >= 0.6 is 0 Å². The molecular weight excluding hydrogens is 294 g/mol. The SMILES string of the molecule is CN(CCNC(=O)c1c(F)cccc1F)C(=O)OC(C)(C)C. The van der Waals surface area contributed by atoms with Crippen LogP contribution in [0.15, 0.2) is 18.2 Å². The zero-order chi connectivity index (χ0) is 16.9. The first-order valence-electron chi connectivity index (χ1n) is 6.78. The molecular formula is C15H20F2N2O3. The highest BCUT2D eigenvalue weighted by Crippen LogP contribution is 2.11. The Morgan fingerprint density at radius 1 is 1.23 bits per heavy atom. The second kappa shape index (κ2) is 7.20. The molecule has 0 saturated carbocycles. The van der Waals surface area contributed by atoms with Gasteiger partial charge in [0.25, 0.3) is 5.91 Å². The maximum atomic E-state index is 13.4. The number of nitrogens with one attached hydrogen (secondary N) is 1. The van der Waals surface area contributed by atoms with E-state index >= 15 is 0 Å². The Kier molecular flexibility index (Phi) is 5.84. The van der Waals surface area contributed by atoms with Gasteiger partial charge in [0.1, 0.15) is 22.8 Å². The summed E-state index contributed by atoms with van der Waals surface area (Å²) in [5.74, 6) is -2.73. The largest absolute Gasteiger partial charge is 0.444 e. The minimum atomic E-state index is -0.932. The van der Waals surface area contributed by atoms with Crippen LogP contribution in [0, 0.1) is 11.6 Å². The molecule has 0 fully saturated rings. The average molecular weight is 314 g/mol. The number of benzene rings is 1. The lowest BCUT2D eigenvalue weighted by Crippen LogP contribution is -2.39. The van der Waals surface area contributed by atoms with Crippen molar-refractivity contribution in [2.45, 2.75) is 26.4 Å². The van der Waals surface area contributed by atoms with E-state index in [1.165, 1.54) is 18.0 Å². The van der Waals surface area contributed by atoms with Crippen molar-refractivity contribution in [1.29, 1.82) is 0 Å². The topological polar surface area (TPSA) is 58.6 Å². The zero-order valence-electron chi connectivity index (χ0n) is 13.1. The van der Waals surface area contributed by atoms with Crippen molar-refractivity contribution >= 4 is 12.0 Å². The van der Waals surface area contributed by atoms with Gasteiger partial charge in [0, 0.05) is 20.1 Å². The maximum absolute atomic E-state index is 13.4. The van der Waals surface area contributed by atoms with E-state index in [1.54, 1.807) is 20.8 Å². The number of ether oxygens (including phenoxy) is 1. The molecule has 5 nitrogen and oxygen atoms in total. The Hall–Kier alpha value is -2.18. The molecule has 0 atom stereocenters. The molecule has 0 unspecified atom stereocenters. The van der Waals surface area contributed by atoms with Crippen molar-refractivity contribution in [3.63, 3.8) is 0 Å². The average Bonchev–Trinajstić information content (AvgIpc) is 2.36. The summed E-state index contributed by atoms with van der Waals surface area (Å²) in [5, 5.41) is 2.36. The molecule has 1 aromatic rings. The van der Waals surface area contributed by atoms with E-state index in [0.717, 1.165) is 12.1 Å². The number of rotatable bonds is 4. The highest BCUT2D eigenvalue weighted by Gasteiger charge is 2.20. The monoisotopic (exact) mass is 314 g/mol. The molecule has 7 heteroatoms. The van der Waals surface area contributed by atoms with Crippen LogP contribution in [0.1, 0.15) is 31.1 Å². The summed E-state index contributed by atoms with van der Waals surface area (Å²) in [7, 11) is 1.50. The van der Waals surface area contributed by atoms with E-state index in [0.29, 0.717) is 0 Å². The number of hydrogen-bond donors (Lipinski definition) is 1. The molecule has 0 aliphatic rings. The number of hydrogen-bond acceptors (Lipinski definition) is 3. The number of nitrogens with zero attached hydrogens (tertiary/aromatic N) is 1. The summed E-state index contributed by atoms with van der Waals surface area (Å²) >= 11 is 0. The molecule has 0 saturated heterocycles. The molecule has 0 aromatic heterocycles. The molecule has 1 N–H and O–H groups in total. The number of likely N-dealkylation sites (N-methyl/N-ethyl adjacent to an activating group) is 1. The number of carbonyl (C=O) groups is 2. The van der Waals surface area contributed by atoms with Crippen LogP contribution in [0.2, 0.25) is 0 Å². The number of halogens is 2. The molecule has 0 spiro atoms. The fourth-order valence-corrected chi connectivity index (χ4v) is 1.57. The predicted molar refractivity (Wildman–Crippen MR) is 77.6 cm³/mol. The van der Waals surface area contributed by atoms with Crippen LogP contribution in [0.4, 0.5) is 13.6 Å². The zero-order valence-corrected chi connectivity index (χ0v) is 13.1. The van der Waals surface area contributed by atoms with Gasteiger partial charge in [-0.25, -0.2) is 13.6 Å². The standard InChI is InChI=1S/C15H20F2N2O3/c1-15(2,3)22-14(21)19(4)9-8-18-13(20)12-10(16)6-5-7-11(12)17/h5-7H,8-9H2,1-4H3,(H,18,20). The molecule has 1 aromatic carbocycles. The number of carbonyl (C=O) groups excluding carboxylic acids is 2. The lowest BCUT2D eigenvalue weighted by atomic mass is 10.2. The van der Waals surface area contributed by atoms with Crippen LogP contribution in [0.25, 0.3) is 0 Å². The summed E-state index contributed by atoms with van der Waals surface area (Å²) in [6.07, 6.45) is -0.543. The van der Waals surface area contributed by atoms with Crippen LogP contribution in [0.3, 0.4) is 0 Å². The second-order valence-electron chi connectivity index (χ2n) is 5.75. The van der Waals surface area contributed by atoms with Crippen LogP contribution < -0.4 is 5.32 Å². The normalized spacial score (nSPS) is 11.0. The van der Waals surface area contributed by atoms with E-state index in [-0.39, 0.29) is 13.1 Å². The molecule has 0 aliphatic heterocycles. The lowest BCUT2D eigenvalue weighted by Gasteiger charge is -2.24. The van der Waals surface area contributed by atoms with E-state index in [4.69, 9.17) is 4.74 Å². The first kappa shape index (κ1) is 17.9. The van der Waals surface area contributed by atoms with Crippen molar-refractivity contribution in [1.82, 2.24) is 10.2 Å². The van der Waals surface area contributed by atoms with Crippen LogP contribution in [0.5, 0.6) is 0 Å². The van der Waals surface area contributed by atoms with E-state index in [2.05, 4.69) is 5.32 Å². The van der Waals surface area contributed by atoms with Gasteiger partial charge in [-0.05, 0) is 32.9 Å². The van der Waals surface area contributed by atoms with Crippen LogP contribution in [-0.4, -0.2) is 42.6 Å². The van der Waals surface area contributed by atoms with Gasteiger partial charge in [0.05, 0.1) is 0 Å². The minimum Gasteiger partial charge on any atom is -0.444 e. The summed E-state index contributed by atoms with van der Waals surface area (Å²) in [4.78, 5) is 24.7. The van der Waals surface area contributed by atoms with Gasteiger partial charge in [0.2, 0.25) is 0 Å². The Morgan fingerprint density at radius 3 is 2.27 bits per heavy atom. The molecule has 122 valence electrons. The van der Waals surface area contributed by atoms with Gasteiger partial charge in [-0.1, -0.05) is 6.07 Å². The molecule has 0 radical (unpaired) electrons. The quantitative estimate of drug-likeness (QED) is 0.929. The minimum absolute atomic E-state index is 0.0440. The summed E-state index contributed by atoms with van der Waals surface area (Å²) in [6.45, 7) is 5.41. The first-order chi connectivity index (χ1) is 10.1. The van der Waals surface area contributed by atoms with E-state index in [1.807, 2.05) is 0 Å². The van der Waals surface area contributed by atoms with Crippen molar-refractivity contribution in [3.8, 4) is 0 Å². The lowest BCUT2D eigenvalue weighted by molar-refractivity contribution is 0.0299. The van der Waals surface area contributed by atoms with Crippen LogP contribution in [-0.2, 0) is 4.74 Å². The molecule has 0 heterocycles. The van der Waals surface area contributed by atoms with E-state index in [9.17, 15) is 18.4 Å². The number of amides is 2. The van der Waals surface area contributed by atoms with Gasteiger partial charge < -0.3 is 15.0 Å². The predicted octanol–water partition coefficient (Wildman–Crippen LogP) is 2.56. The van der Waals surface area contributed by atoms with Crippen molar-refractivity contribution in [3.05, 3.63) is 35.4 Å². The van der Waals surface area contributed by atoms with Crippen molar-refractivity contribution in [2.75, 3.05) is 20.1 Å². The Bertz CT molecular complexity index is 536. The third-order valence-electron chi connectivity index (χ3n) is 2.63. The smallest absolute Gasteiger partial charge is 0.410 e. The third-order valence-corrected chi connectivity index (χ3v) is 2.63. The van der Waals surface area contributed by atoms with Gasteiger partial charge in [-0.3, -0.25) is 4.79 Å². The molecule has 0 bridgehead atoms. The molecule has 1 rings (SSSR count). The summed E-state index contributed by atoms with van der Waals surface area (Å²) < 4.78 is 32.0. The third kappa shape index (κ3) is 5.31. The van der Waals surface area contributed by atoms with Gasteiger partial charge in [-0.15, -0.1) is 0 Å². The second-order valence-corrected chi connectivity index (χ2v) is 5.75. The molecule has 22 heavy (non-hydrogen) atoms. The summed E-state index contributed by atoms with van der Waals surface area (Å²) in [5.41, 5.74) is -1.26. The van der Waals surface area contributed by atoms with Gasteiger partial charge in [0.15, 0.2) is 0 Å². The molecule has 2 amide bonds. The summed E-state index contributed by atoms with van der Waals surface area (Å²) in [6, 6.07) is 3.19. The highest BCUT2D eigenvalue weighted by molar-refractivity contribution is 5.94. The Morgan fingerprint density at radius 2 is 1.77 bits per heavy atom. The fraction of sp³-hybridized carbons (Fsp3) is 0.467. The van der Waals surface area contributed by atoms with Crippen molar-refractivity contribution in [2.24, 2.45) is 0 Å². The fourth-order valence-electron chi connectivity index (χ4n) is 1.57. The highest BCUT2D eigenvalue weighted by atomic mass is 19.1. The molecule has 0 aliphatic carbocycles. The van der Waals surface area contributed by atoms with Gasteiger partial charge >= 0.3 is 6.09 Å².